The van der Waals surface area contributed by atoms with E-state index >= 15 is 0 Å². The number of carbonyl (C=O) groups excluding carboxylic acids is 1. The van der Waals surface area contributed by atoms with Crippen LogP contribution in [0.2, 0.25) is 5.02 Å². The number of likely N-dealkylation sites (N-methyl/N-ethyl adjacent to an activating group) is 1. The second-order valence-electron chi connectivity index (χ2n) is 6.53. The van der Waals surface area contributed by atoms with Crippen LogP contribution in [0.25, 0.3) is 0 Å². The van der Waals surface area contributed by atoms with Crippen LogP contribution in [-0.2, 0) is 20.2 Å². The molecule has 1 saturated carbocycles. The van der Waals surface area contributed by atoms with Crippen molar-refractivity contribution in [2.24, 2.45) is 0 Å². The maximum Gasteiger partial charge on any atom is 0.243 e. The first-order valence-electron chi connectivity index (χ1n) is 8.30. The molecule has 0 aromatic heterocycles. The number of hydrogen-bond donors (Lipinski definition) is 1. The van der Waals surface area contributed by atoms with Gasteiger partial charge in [-0.15, -0.1) is 0 Å². The van der Waals surface area contributed by atoms with E-state index in [4.69, 9.17) is 11.6 Å². The summed E-state index contributed by atoms with van der Waals surface area (Å²) in [6.45, 7) is -0.325. The number of rotatable bonds is 6. The molecule has 0 spiro atoms. The molecule has 0 radical (unpaired) electrons. The van der Waals surface area contributed by atoms with Crippen LogP contribution < -0.4 is 5.32 Å². The van der Waals surface area contributed by atoms with Crippen LogP contribution in [0.1, 0.15) is 18.4 Å². The Morgan fingerprint density at radius 3 is 2.30 bits per heavy atom. The first-order chi connectivity index (χ1) is 12.8. The molecule has 2 aromatic rings. The topological polar surface area (TPSA) is 90.3 Å². The Morgan fingerprint density at radius 1 is 1.19 bits per heavy atom. The predicted octanol–water partition coefficient (Wildman–Crippen LogP) is 3.15. The fourth-order valence-electron chi connectivity index (χ4n) is 2.74. The number of amides is 1. The van der Waals surface area contributed by atoms with Crippen LogP contribution in [0.4, 0.5) is 5.69 Å². The minimum absolute atomic E-state index is 0.0674. The highest BCUT2D eigenvalue weighted by atomic mass is 35.5. The number of nitriles is 1. The van der Waals surface area contributed by atoms with Crippen LogP contribution in [0.3, 0.4) is 0 Å². The molecule has 0 aliphatic heterocycles. The number of anilines is 1. The largest absolute Gasteiger partial charge is 0.325 e. The van der Waals surface area contributed by atoms with Crippen molar-refractivity contribution in [3.8, 4) is 6.07 Å². The van der Waals surface area contributed by atoms with E-state index in [0.717, 1.165) is 22.7 Å². The van der Waals surface area contributed by atoms with Crippen molar-refractivity contribution in [3.63, 3.8) is 0 Å². The number of carbonyl (C=O) groups is 1. The molecule has 0 atom stereocenters. The van der Waals surface area contributed by atoms with Crippen molar-refractivity contribution >= 4 is 33.2 Å². The van der Waals surface area contributed by atoms with Crippen molar-refractivity contribution in [2.75, 3.05) is 18.9 Å². The summed E-state index contributed by atoms with van der Waals surface area (Å²) in [6, 6.07) is 15.2. The molecule has 1 fully saturated rings. The summed E-state index contributed by atoms with van der Waals surface area (Å²) in [5.41, 5.74) is 1.11. The van der Waals surface area contributed by atoms with Gasteiger partial charge in [-0.05, 0) is 54.8 Å². The van der Waals surface area contributed by atoms with Gasteiger partial charge in [-0.2, -0.15) is 9.57 Å². The lowest BCUT2D eigenvalue weighted by Gasteiger charge is -2.17. The van der Waals surface area contributed by atoms with E-state index in [2.05, 4.69) is 11.4 Å². The van der Waals surface area contributed by atoms with Crippen molar-refractivity contribution in [1.82, 2.24) is 4.31 Å². The Hall–Kier alpha value is -2.40. The minimum Gasteiger partial charge on any atom is -0.325 e. The summed E-state index contributed by atoms with van der Waals surface area (Å²) in [5, 5.41) is 12.3. The van der Waals surface area contributed by atoms with E-state index in [-0.39, 0.29) is 16.9 Å². The van der Waals surface area contributed by atoms with Gasteiger partial charge < -0.3 is 5.32 Å². The summed E-state index contributed by atoms with van der Waals surface area (Å²) >= 11 is 5.78. The molecule has 0 saturated heterocycles. The molecule has 3 rings (SSSR count). The Bertz CT molecular complexity index is 992. The maximum absolute atomic E-state index is 12.5. The van der Waals surface area contributed by atoms with Gasteiger partial charge in [0.05, 0.1) is 22.9 Å². The average molecular weight is 404 g/mol. The van der Waals surface area contributed by atoms with Crippen molar-refractivity contribution in [3.05, 3.63) is 59.1 Å². The van der Waals surface area contributed by atoms with Crippen LogP contribution in [0.5, 0.6) is 0 Å². The highest BCUT2D eigenvalue weighted by Crippen LogP contribution is 2.47. The molecule has 1 aliphatic rings. The molecule has 0 heterocycles. The van der Waals surface area contributed by atoms with Crippen LogP contribution in [-0.4, -0.2) is 32.2 Å². The highest BCUT2D eigenvalue weighted by Gasteiger charge is 2.44. The Kier molecular flexibility index (Phi) is 5.24. The predicted molar refractivity (Wildman–Crippen MR) is 103 cm³/mol. The maximum atomic E-state index is 12.5. The Balaban J connectivity index is 1.63. The standard InChI is InChI=1S/C19H18ClN3O3S/c1-23(27(25,26)17-8-4-15(20)5-9-17)12-18(24)22-16-6-2-14(3-7-16)19(13-21)10-11-19/h2-9H,10-12H2,1H3,(H,22,24). The molecule has 0 unspecified atom stereocenters. The van der Waals surface area contributed by atoms with E-state index in [0.29, 0.717) is 10.7 Å². The number of nitrogens with zero attached hydrogens (tertiary/aromatic N) is 2. The summed E-state index contributed by atoms with van der Waals surface area (Å²) < 4.78 is 26.0. The number of hydrogen-bond acceptors (Lipinski definition) is 4. The molecule has 27 heavy (non-hydrogen) atoms. The lowest BCUT2D eigenvalue weighted by molar-refractivity contribution is -0.116. The van der Waals surface area contributed by atoms with Crippen molar-refractivity contribution in [2.45, 2.75) is 23.2 Å². The van der Waals surface area contributed by atoms with Crippen LogP contribution >= 0.6 is 11.6 Å². The van der Waals surface area contributed by atoms with Gasteiger partial charge in [0.1, 0.15) is 0 Å². The Labute approximate surface area is 163 Å². The SMILES string of the molecule is CN(CC(=O)Nc1ccc(C2(C#N)CC2)cc1)S(=O)(=O)c1ccc(Cl)cc1. The molecule has 2 aromatic carbocycles. The zero-order valence-corrected chi connectivity index (χ0v) is 16.2. The number of benzene rings is 2. The van der Waals surface area contributed by atoms with Gasteiger partial charge in [-0.25, -0.2) is 8.42 Å². The van der Waals surface area contributed by atoms with Gasteiger partial charge in [-0.3, -0.25) is 4.79 Å². The quantitative estimate of drug-likeness (QED) is 0.802. The summed E-state index contributed by atoms with van der Waals surface area (Å²) in [7, 11) is -2.44. The molecule has 1 N–H and O–H groups in total. The fraction of sp³-hybridized carbons (Fsp3) is 0.263. The van der Waals surface area contributed by atoms with Crippen LogP contribution in [0, 0.1) is 11.3 Å². The molecule has 6 nitrogen and oxygen atoms in total. The smallest absolute Gasteiger partial charge is 0.243 e. The van der Waals surface area contributed by atoms with Crippen LogP contribution in [0.15, 0.2) is 53.4 Å². The molecule has 1 aliphatic carbocycles. The van der Waals surface area contributed by atoms with Gasteiger partial charge in [0.25, 0.3) is 0 Å². The first kappa shape index (κ1) is 19.4. The van der Waals surface area contributed by atoms with Gasteiger partial charge in [0.2, 0.25) is 15.9 Å². The second kappa shape index (κ2) is 7.31. The normalized spacial score (nSPS) is 15.2. The van der Waals surface area contributed by atoms with Gasteiger partial charge in [-0.1, -0.05) is 23.7 Å². The third-order valence-corrected chi connectivity index (χ3v) is 6.64. The summed E-state index contributed by atoms with van der Waals surface area (Å²) in [5.74, 6) is -0.454. The van der Waals surface area contributed by atoms with E-state index in [1.54, 1.807) is 12.1 Å². The number of nitrogens with one attached hydrogen (secondary N) is 1. The monoisotopic (exact) mass is 403 g/mol. The molecular formula is C19H18ClN3O3S. The third kappa shape index (κ3) is 4.14. The second-order valence-corrected chi connectivity index (χ2v) is 9.02. The van der Waals surface area contributed by atoms with Gasteiger partial charge in [0.15, 0.2) is 0 Å². The molecule has 0 bridgehead atoms. The molecular weight excluding hydrogens is 386 g/mol. The molecule has 140 valence electrons. The minimum atomic E-state index is -3.79. The Morgan fingerprint density at radius 2 is 1.78 bits per heavy atom. The van der Waals surface area contributed by atoms with Gasteiger partial charge in [0, 0.05) is 17.8 Å². The van der Waals surface area contributed by atoms with Gasteiger partial charge >= 0.3 is 0 Å². The number of halogens is 1. The van der Waals surface area contributed by atoms with E-state index in [1.165, 1.54) is 31.3 Å². The molecule has 8 heteroatoms. The third-order valence-electron chi connectivity index (χ3n) is 4.57. The van der Waals surface area contributed by atoms with E-state index in [9.17, 15) is 18.5 Å². The summed E-state index contributed by atoms with van der Waals surface area (Å²) in [6.07, 6.45) is 1.70. The highest BCUT2D eigenvalue weighted by molar-refractivity contribution is 7.89. The lowest BCUT2D eigenvalue weighted by atomic mass is 9.98. The zero-order valence-electron chi connectivity index (χ0n) is 14.6. The van der Waals surface area contributed by atoms with Crippen molar-refractivity contribution in [1.29, 1.82) is 5.26 Å². The lowest BCUT2D eigenvalue weighted by Crippen LogP contribution is -2.34. The fourth-order valence-corrected chi connectivity index (χ4v) is 3.99. The van der Waals surface area contributed by atoms with E-state index < -0.39 is 15.9 Å². The average Bonchev–Trinajstić information content (AvgIpc) is 3.44. The zero-order chi connectivity index (χ0) is 19.7. The van der Waals surface area contributed by atoms with Crippen molar-refractivity contribution < 1.29 is 13.2 Å². The molecule has 1 amide bonds. The first-order valence-corrected chi connectivity index (χ1v) is 10.1. The summed E-state index contributed by atoms with van der Waals surface area (Å²) in [4.78, 5) is 12.3. The number of sulfonamides is 1. The van der Waals surface area contributed by atoms with E-state index in [1.807, 2.05) is 12.1 Å².